The normalized spacial score (nSPS) is 11.7. The summed E-state index contributed by atoms with van der Waals surface area (Å²) in [6.07, 6.45) is 2.62. The first-order chi connectivity index (χ1) is 20.5. The van der Waals surface area contributed by atoms with E-state index in [4.69, 9.17) is 0 Å². The van der Waals surface area contributed by atoms with Crippen molar-refractivity contribution in [1.82, 2.24) is 21.3 Å². The molecule has 1 atom stereocenters. The largest absolute Gasteiger partial charge is 0.359 e. The zero-order valence-electron chi connectivity index (χ0n) is 26.8. The van der Waals surface area contributed by atoms with Gasteiger partial charge in [-0.15, -0.1) is 0 Å². The van der Waals surface area contributed by atoms with E-state index in [1.807, 2.05) is 41.5 Å². The lowest BCUT2D eigenvalue weighted by atomic mass is 10.1. The molecule has 0 saturated heterocycles. The summed E-state index contributed by atoms with van der Waals surface area (Å²) in [5, 5.41) is 12.5. The van der Waals surface area contributed by atoms with Crippen molar-refractivity contribution in [3.05, 3.63) is 35.9 Å². The molecule has 240 valence electrons. The van der Waals surface area contributed by atoms with E-state index < -0.39 is 42.1 Å². The maximum atomic E-state index is 12.6. The van der Waals surface area contributed by atoms with Crippen molar-refractivity contribution in [2.45, 2.75) is 80.2 Å². The van der Waals surface area contributed by atoms with Crippen LogP contribution in [-0.4, -0.2) is 68.0 Å². The fourth-order valence-electron chi connectivity index (χ4n) is 3.48. The van der Waals surface area contributed by atoms with Crippen LogP contribution < -0.4 is 31.5 Å². The highest BCUT2D eigenvalue weighted by atomic mass is 16.2. The molecule has 5 N–H and O–H groups in total. The Bertz CT molecular complexity index is 1120. The lowest BCUT2D eigenvalue weighted by Crippen LogP contribution is -2.48. The van der Waals surface area contributed by atoms with Gasteiger partial charge in [0.1, 0.15) is 6.04 Å². The third-order valence-electron chi connectivity index (χ3n) is 5.39. The molecule has 1 aliphatic rings. The van der Waals surface area contributed by atoms with E-state index in [0.717, 1.165) is 17.1 Å². The molecule has 0 aliphatic carbocycles. The highest BCUT2D eigenvalue weighted by Crippen LogP contribution is 2.26. The van der Waals surface area contributed by atoms with Crippen LogP contribution in [0.3, 0.4) is 0 Å². The van der Waals surface area contributed by atoms with Crippen molar-refractivity contribution in [3.8, 4) is 0 Å². The predicted octanol–water partition coefficient (Wildman–Crippen LogP) is 1.96. The topological polar surface area (TPSA) is 183 Å². The van der Waals surface area contributed by atoms with Crippen molar-refractivity contribution >= 4 is 52.7 Å². The molecule has 0 spiro atoms. The Morgan fingerprint density at radius 2 is 1.33 bits per heavy atom. The molecule has 7 amide bonds. The van der Waals surface area contributed by atoms with Crippen LogP contribution in [0.5, 0.6) is 0 Å². The maximum absolute atomic E-state index is 12.6. The van der Waals surface area contributed by atoms with Gasteiger partial charge in [0.2, 0.25) is 29.5 Å². The van der Waals surface area contributed by atoms with Gasteiger partial charge in [-0.1, -0.05) is 41.5 Å². The number of nitrogens with one attached hydrogen (secondary N) is 5. The average molecular weight is 605 g/mol. The highest BCUT2D eigenvalue weighted by molar-refractivity contribution is 6.28. The lowest BCUT2D eigenvalue weighted by Gasteiger charge is -2.19. The number of hydrogen-bond acceptors (Lipinski definition) is 7. The molecular formula is C30H48N6O7. The van der Waals surface area contributed by atoms with E-state index in [1.54, 1.807) is 0 Å². The van der Waals surface area contributed by atoms with E-state index in [0.29, 0.717) is 11.3 Å². The lowest BCUT2D eigenvalue weighted by molar-refractivity contribution is -0.129. The second kappa shape index (κ2) is 23.1. The van der Waals surface area contributed by atoms with Gasteiger partial charge in [0.15, 0.2) is 0 Å². The number of nitrogens with zero attached hydrogens (tertiary/aromatic N) is 1. The first-order valence-corrected chi connectivity index (χ1v) is 14.5. The Hall–Kier alpha value is -4.55. The molecule has 43 heavy (non-hydrogen) atoms. The van der Waals surface area contributed by atoms with E-state index in [-0.39, 0.29) is 43.2 Å². The molecule has 0 saturated carbocycles. The smallest absolute Gasteiger partial charge is 0.258 e. The van der Waals surface area contributed by atoms with Crippen molar-refractivity contribution in [2.24, 2.45) is 0 Å². The third kappa shape index (κ3) is 14.8. The summed E-state index contributed by atoms with van der Waals surface area (Å²) < 4.78 is 0. The molecular weight excluding hydrogens is 556 g/mol. The Kier molecular flexibility index (Phi) is 21.8. The molecule has 1 aromatic rings. The van der Waals surface area contributed by atoms with Gasteiger partial charge in [-0.05, 0) is 36.6 Å². The number of aryl methyl sites for hydroxylation is 1. The SMILES string of the molecule is CC.CC.CC.CNC(=O)CCc1cc(N2C(=O)C=CC2=O)ccc1NC(=O)CNC(=O)C(CCC(=O)NC)NC(C)=O. The van der Waals surface area contributed by atoms with Crippen molar-refractivity contribution in [3.63, 3.8) is 0 Å². The fourth-order valence-corrected chi connectivity index (χ4v) is 3.48. The minimum absolute atomic E-state index is 0.000345. The van der Waals surface area contributed by atoms with Crippen molar-refractivity contribution < 1.29 is 33.6 Å². The standard InChI is InChI=1S/C24H30N6O7.3C2H6/c1-14(31)28-18(7-9-20(33)26-3)24(37)27-13-21(34)29-17-6-5-16(30-22(35)10-11-23(30)36)12-15(17)4-8-19(32)25-2;3*1-2/h5-6,10-12,18H,4,7-9,13H2,1-3H3,(H,25,32)(H,26,33)(H,27,37)(H,28,31)(H,29,34);3*1-2H3. The second-order valence-corrected chi connectivity index (χ2v) is 8.09. The minimum atomic E-state index is -1.01. The van der Waals surface area contributed by atoms with Crippen molar-refractivity contribution in [1.29, 1.82) is 0 Å². The quantitative estimate of drug-likeness (QED) is 0.226. The van der Waals surface area contributed by atoms with Crippen LogP contribution in [-0.2, 0) is 40.0 Å². The van der Waals surface area contributed by atoms with Gasteiger partial charge < -0.3 is 26.6 Å². The molecule has 13 nitrogen and oxygen atoms in total. The number of carbonyl (C=O) groups excluding carboxylic acids is 7. The van der Waals surface area contributed by atoms with Gasteiger partial charge in [-0.2, -0.15) is 0 Å². The van der Waals surface area contributed by atoms with Crippen LogP contribution in [0.25, 0.3) is 0 Å². The van der Waals surface area contributed by atoms with Crippen LogP contribution in [0.2, 0.25) is 0 Å². The number of anilines is 2. The number of imide groups is 1. The maximum Gasteiger partial charge on any atom is 0.258 e. The Morgan fingerprint density at radius 3 is 1.84 bits per heavy atom. The molecule has 1 aromatic carbocycles. The summed E-state index contributed by atoms with van der Waals surface area (Å²) in [6, 6.07) is 3.50. The van der Waals surface area contributed by atoms with Gasteiger partial charge in [0.25, 0.3) is 11.8 Å². The van der Waals surface area contributed by atoms with Crippen LogP contribution in [0.1, 0.15) is 73.3 Å². The molecule has 1 aliphatic heterocycles. The fraction of sp³-hybridized carbons (Fsp3) is 0.500. The van der Waals surface area contributed by atoms with E-state index in [1.165, 1.54) is 39.2 Å². The van der Waals surface area contributed by atoms with Gasteiger partial charge in [-0.3, -0.25) is 33.6 Å². The van der Waals surface area contributed by atoms with Gasteiger partial charge in [-0.25, -0.2) is 4.90 Å². The number of rotatable bonds is 12. The summed E-state index contributed by atoms with van der Waals surface area (Å²) in [6.45, 7) is 12.8. The van der Waals surface area contributed by atoms with Crippen LogP contribution in [0.15, 0.2) is 30.4 Å². The van der Waals surface area contributed by atoms with Gasteiger partial charge >= 0.3 is 0 Å². The first-order valence-electron chi connectivity index (χ1n) is 14.5. The van der Waals surface area contributed by atoms with E-state index in [2.05, 4.69) is 26.6 Å². The van der Waals surface area contributed by atoms with Crippen LogP contribution in [0, 0.1) is 0 Å². The highest BCUT2D eigenvalue weighted by Gasteiger charge is 2.26. The van der Waals surface area contributed by atoms with E-state index in [9.17, 15) is 33.6 Å². The zero-order valence-corrected chi connectivity index (χ0v) is 26.8. The molecule has 0 radical (unpaired) electrons. The summed E-state index contributed by atoms with van der Waals surface area (Å²) in [5.41, 5.74) is 1.11. The monoisotopic (exact) mass is 604 g/mol. The summed E-state index contributed by atoms with van der Waals surface area (Å²) >= 11 is 0. The molecule has 1 heterocycles. The molecule has 0 bridgehead atoms. The Balaban J connectivity index is 0. The van der Waals surface area contributed by atoms with Gasteiger partial charge in [0.05, 0.1) is 12.2 Å². The Morgan fingerprint density at radius 1 is 0.791 bits per heavy atom. The third-order valence-corrected chi connectivity index (χ3v) is 5.39. The number of hydrogen-bond donors (Lipinski definition) is 5. The van der Waals surface area contributed by atoms with Crippen molar-refractivity contribution in [2.75, 3.05) is 30.9 Å². The number of amides is 7. The first kappa shape index (κ1) is 40.6. The molecule has 1 unspecified atom stereocenters. The molecule has 0 fully saturated rings. The molecule has 0 aromatic heterocycles. The summed E-state index contributed by atoms with van der Waals surface area (Å²) in [4.78, 5) is 84.8. The zero-order chi connectivity index (χ0) is 33.5. The summed E-state index contributed by atoms with van der Waals surface area (Å²) in [5.74, 6) is -3.26. The minimum Gasteiger partial charge on any atom is -0.359 e. The van der Waals surface area contributed by atoms with E-state index >= 15 is 0 Å². The van der Waals surface area contributed by atoms with Gasteiger partial charge in [0, 0.05) is 51.7 Å². The van der Waals surface area contributed by atoms with Crippen LogP contribution >= 0.6 is 0 Å². The molecule has 2 rings (SSSR count). The summed E-state index contributed by atoms with van der Waals surface area (Å²) in [7, 11) is 2.94. The van der Waals surface area contributed by atoms with Crippen LogP contribution in [0.4, 0.5) is 11.4 Å². The second-order valence-electron chi connectivity index (χ2n) is 8.09. The Labute approximate surface area is 254 Å². The number of carbonyl (C=O) groups is 7. The molecule has 13 heteroatoms. The average Bonchev–Trinajstić information content (AvgIpc) is 3.36. The predicted molar refractivity (Wildman–Crippen MR) is 167 cm³/mol. The number of benzene rings is 1.